The largest absolute Gasteiger partial charge is 0.445 e. The summed E-state index contributed by atoms with van der Waals surface area (Å²) in [5.41, 5.74) is 12.2. The van der Waals surface area contributed by atoms with E-state index in [1.807, 2.05) is 20.8 Å². The smallest absolute Gasteiger partial charge is 0.407 e. The molecular formula is C23H39N7O5. The fourth-order valence-corrected chi connectivity index (χ4v) is 2.90. The lowest BCUT2D eigenvalue weighted by molar-refractivity contribution is -0.128. The summed E-state index contributed by atoms with van der Waals surface area (Å²) in [6.07, 6.45) is 0.187. The van der Waals surface area contributed by atoms with Gasteiger partial charge in [-0.25, -0.2) is 9.59 Å². The Kier molecular flexibility index (Phi) is 13.8. The maximum absolute atomic E-state index is 12.9. The Hall–Kier alpha value is -3.38. The molecule has 1 rings (SSSR count). The topological polar surface area (TPSA) is 190 Å². The molecule has 0 fully saturated rings. The lowest BCUT2D eigenvalue weighted by Gasteiger charge is -2.22. The first-order chi connectivity index (χ1) is 16.6. The van der Waals surface area contributed by atoms with Crippen molar-refractivity contribution in [3.05, 3.63) is 29.8 Å². The first-order valence-electron chi connectivity index (χ1n) is 11.7. The van der Waals surface area contributed by atoms with E-state index < -0.39 is 36.0 Å². The summed E-state index contributed by atoms with van der Waals surface area (Å²) in [5, 5.41) is 13.6. The van der Waals surface area contributed by atoms with Gasteiger partial charge in [0.25, 0.3) is 0 Å². The molecule has 2 atom stereocenters. The average Bonchev–Trinajstić information content (AvgIpc) is 2.82. The molecule has 12 nitrogen and oxygen atoms in total. The number of hydrogen-bond donors (Lipinski definition) is 7. The third-order valence-corrected chi connectivity index (χ3v) is 5.04. The maximum atomic E-state index is 12.9. The number of nitrogens with one attached hydrogen (secondary N) is 5. The summed E-state index contributed by atoms with van der Waals surface area (Å²) in [6, 6.07) is 4.53. The highest BCUT2D eigenvalue weighted by molar-refractivity contribution is 5.97. The molecule has 0 spiro atoms. The van der Waals surface area contributed by atoms with Gasteiger partial charge in [0.15, 0.2) is 0 Å². The number of likely N-dealkylation sites (N-methyl/N-ethyl adjacent to an activating group) is 1. The number of nitrogens with two attached hydrogens (primary N) is 2. The van der Waals surface area contributed by atoms with Gasteiger partial charge in [-0.1, -0.05) is 32.9 Å². The number of hydrogen-bond acceptors (Lipinski definition) is 7. The summed E-state index contributed by atoms with van der Waals surface area (Å²) in [4.78, 5) is 47.8. The first kappa shape index (κ1) is 29.7. The zero-order valence-electron chi connectivity index (χ0n) is 20.7. The molecule has 9 N–H and O–H groups in total. The molecule has 0 aliphatic carbocycles. The van der Waals surface area contributed by atoms with Crippen molar-refractivity contribution in [3.63, 3.8) is 0 Å². The Morgan fingerprint density at radius 2 is 1.66 bits per heavy atom. The molecule has 0 aromatic heterocycles. The lowest BCUT2D eigenvalue weighted by Crippen LogP contribution is -2.51. The second kappa shape index (κ2) is 16.3. The fraction of sp³-hybridized carbons (Fsp3) is 0.565. The van der Waals surface area contributed by atoms with Crippen LogP contribution >= 0.6 is 0 Å². The van der Waals surface area contributed by atoms with Crippen molar-refractivity contribution in [3.8, 4) is 0 Å². The van der Waals surface area contributed by atoms with Crippen molar-refractivity contribution in [1.82, 2.24) is 21.3 Å². The minimum absolute atomic E-state index is 0.0832. The number of rotatable bonds is 15. The van der Waals surface area contributed by atoms with Gasteiger partial charge in [-0.3, -0.25) is 9.59 Å². The van der Waals surface area contributed by atoms with Crippen LogP contribution in [0.3, 0.4) is 0 Å². The van der Waals surface area contributed by atoms with E-state index in [4.69, 9.17) is 16.2 Å². The summed E-state index contributed by atoms with van der Waals surface area (Å²) < 4.78 is 5.16. The van der Waals surface area contributed by atoms with Crippen LogP contribution in [0.15, 0.2) is 24.3 Å². The van der Waals surface area contributed by atoms with Crippen molar-refractivity contribution in [2.75, 3.05) is 31.5 Å². The quantitative estimate of drug-likeness (QED) is 0.172. The van der Waals surface area contributed by atoms with Gasteiger partial charge in [0.2, 0.25) is 11.8 Å². The SMILES string of the molecule is CCNCCNC(=O)OCc1ccc(NC(=O)[C@H](CCCNC(N)=O)NC(=O)[C@@H](N)C(C)C)cc1. The zero-order valence-corrected chi connectivity index (χ0v) is 20.7. The molecule has 196 valence electrons. The summed E-state index contributed by atoms with van der Waals surface area (Å²) >= 11 is 0. The molecule has 0 aliphatic heterocycles. The van der Waals surface area contributed by atoms with Gasteiger partial charge in [0, 0.05) is 25.3 Å². The molecular weight excluding hydrogens is 454 g/mol. The monoisotopic (exact) mass is 493 g/mol. The Balaban J connectivity index is 2.64. The number of alkyl carbamates (subject to hydrolysis) is 1. The minimum atomic E-state index is -0.851. The molecule has 1 aromatic carbocycles. The van der Waals surface area contributed by atoms with Crippen molar-refractivity contribution in [2.24, 2.45) is 17.4 Å². The van der Waals surface area contributed by atoms with Crippen LogP contribution < -0.4 is 38.1 Å². The molecule has 0 saturated carbocycles. The van der Waals surface area contributed by atoms with Crippen LogP contribution in [0, 0.1) is 5.92 Å². The molecule has 0 aliphatic rings. The van der Waals surface area contributed by atoms with Gasteiger partial charge in [-0.2, -0.15) is 0 Å². The number of anilines is 1. The van der Waals surface area contributed by atoms with E-state index in [1.165, 1.54) is 0 Å². The summed E-state index contributed by atoms with van der Waals surface area (Å²) in [6.45, 7) is 7.91. The Bertz CT molecular complexity index is 817. The second-order valence-corrected chi connectivity index (χ2v) is 8.31. The average molecular weight is 494 g/mol. The number of carbonyl (C=O) groups is 4. The standard InChI is InChI=1S/C23H39N7O5/c1-4-26-12-13-28-23(34)35-14-16-7-9-17(10-8-16)29-20(31)18(6-5-11-27-22(25)33)30-21(32)19(24)15(2)3/h7-10,15,18-19,26H,4-6,11-14,24H2,1-3H3,(H,28,34)(H,29,31)(H,30,32)(H3,25,27,33)/t18-,19-/m0/s1. The van der Waals surface area contributed by atoms with Crippen LogP contribution in [0.4, 0.5) is 15.3 Å². The number of urea groups is 1. The van der Waals surface area contributed by atoms with E-state index in [2.05, 4.69) is 26.6 Å². The molecule has 5 amide bonds. The van der Waals surface area contributed by atoms with Crippen LogP contribution in [0.2, 0.25) is 0 Å². The van der Waals surface area contributed by atoms with Crippen LogP contribution in [0.5, 0.6) is 0 Å². The van der Waals surface area contributed by atoms with E-state index in [-0.39, 0.29) is 25.5 Å². The van der Waals surface area contributed by atoms with E-state index in [9.17, 15) is 19.2 Å². The highest BCUT2D eigenvalue weighted by Crippen LogP contribution is 2.12. The molecule has 0 saturated heterocycles. The predicted molar refractivity (Wildman–Crippen MR) is 133 cm³/mol. The number of primary amides is 1. The molecule has 12 heteroatoms. The van der Waals surface area contributed by atoms with Crippen molar-refractivity contribution in [2.45, 2.75) is 52.3 Å². The van der Waals surface area contributed by atoms with Gasteiger partial charge in [0.05, 0.1) is 6.04 Å². The zero-order chi connectivity index (χ0) is 26.2. The Labute approximate surface area is 206 Å². The summed E-state index contributed by atoms with van der Waals surface area (Å²) in [5.74, 6) is -0.947. The molecule has 0 radical (unpaired) electrons. The van der Waals surface area contributed by atoms with Crippen LogP contribution in [0.1, 0.15) is 39.2 Å². The molecule has 0 heterocycles. The number of benzene rings is 1. The normalized spacial score (nSPS) is 12.4. The number of ether oxygens (including phenoxy) is 1. The molecule has 0 unspecified atom stereocenters. The van der Waals surface area contributed by atoms with Crippen LogP contribution in [0.25, 0.3) is 0 Å². The second-order valence-electron chi connectivity index (χ2n) is 8.31. The van der Waals surface area contributed by atoms with E-state index in [1.54, 1.807) is 24.3 Å². The van der Waals surface area contributed by atoms with Crippen LogP contribution in [-0.4, -0.2) is 62.2 Å². The van der Waals surface area contributed by atoms with Gasteiger partial charge in [0.1, 0.15) is 12.6 Å². The fourth-order valence-electron chi connectivity index (χ4n) is 2.90. The number of carbonyl (C=O) groups excluding carboxylic acids is 4. The number of amides is 5. The predicted octanol–water partition coefficient (Wildman–Crippen LogP) is 0.377. The third kappa shape index (κ3) is 12.6. The van der Waals surface area contributed by atoms with E-state index >= 15 is 0 Å². The molecule has 35 heavy (non-hydrogen) atoms. The molecule has 0 bridgehead atoms. The molecule has 1 aromatic rings. The highest BCUT2D eigenvalue weighted by Gasteiger charge is 2.25. The maximum Gasteiger partial charge on any atom is 0.407 e. The Morgan fingerprint density at radius 1 is 0.971 bits per heavy atom. The summed E-state index contributed by atoms with van der Waals surface area (Å²) in [7, 11) is 0. The van der Waals surface area contributed by atoms with Gasteiger partial charge in [-0.15, -0.1) is 0 Å². The third-order valence-electron chi connectivity index (χ3n) is 5.04. The van der Waals surface area contributed by atoms with Gasteiger partial charge < -0.3 is 42.8 Å². The van der Waals surface area contributed by atoms with Gasteiger partial charge in [-0.05, 0) is 43.0 Å². The Morgan fingerprint density at radius 3 is 2.26 bits per heavy atom. The van der Waals surface area contributed by atoms with Crippen LogP contribution in [-0.2, 0) is 20.9 Å². The van der Waals surface area contributed by atoms with E-state index in [0.717, 1.165) is 12.1 Å². The van der Waals surface area contributed by atoms with E-state index in [0.29, 0.717) is 25.2 Å². The first-order valence-corrected chi connectivity index (χ1v) is 11.7. The minimum Gasteiger partial charge on any atom is -0.445 e. The van der Waals surface area contributed by atoms with Gasteiger partial charge >= 0.3 is 12.1 Å². The lowest BCUT2D eigenvalue weighted by atomic mass is 10.0. The van der Waals surface area contributed by atoms with Crippen molar-refractivity contribution >= 4 is 29.6 Å². The highest BCUT2D eigenvalue weighted by atomic mass is 16.5. The van der Waals surface area contributed by atoms with Crippen molar-refractivity contribution in [1.29, 1.82) is 0 Å². The van der Waals surface area contributed by atoms with Crippen molar-refractivity contribution < 1.29 is 23.9 Å².